The van der Waals surface area contributed by atoms with Crippen LogP contribution in [0.5, 0.6) is 0 Å². The van der Waals surface area contributed by atoms with Crippen molar-refractivity contribution in [1.82, 2.24) is 0 Å². The number of ether oxygens (including phenoxy) is 1. The number of hydrogen-bond donors (Lipinski definition) is 0. The molecule has 0 spiro atoms. The van der Waals surface area contributed by atoms with Crippen LogP contribution < -0.4 is 0 Å². The molecule has 0 aromatic carbocycles. The molecule has 1 saturated carbocycles. The first-order valence-electron chi connectivity index (χ1n) is 5.48. The Morgan fingerprint density at radius 1 is 1.60 bits per heavy atom. The second-order valence-electron chi connectivity index (χ2n) is 3.95. The van der Waals surface area contributed by atoms with E-state index in [1.165, 1.54) is 0 Å². The Hall–Kier alpha value is -1.12. The molecule has 0 aromatic heterocycles. The Kier molecular flexibility index (Phi) is 4.53. The van der Waals surface area contributed by atoms with Gasteiger partial charge in [0.15, 0.2) is 0 Å². The van der Waals surface area contributed by atoms with Gasteiger partial charge in [0, 0.05) is 12.3 Å². The molecule has 3 nitrogen and oxygen atoms in total. The van der Waals surface area contributed by atoms with Gasteiger partial charge in [-0.3, -0.25) is 9.59 Å². The summed E-state index contributed by atoms with van der Waals surface area (Å²) in [5.41, 5.74) is 0. The minimum absolute atomic E-state index is 0.125. The van der Waals surface area contributed by atoms with E-state index < -0.39 is 0 Å². The molecule has 1 rings (SSSR count). The number of ketones is 1. The van der Waals surface area contributed by atoms with E-state index in [2.05, 4.69) is 6.58 Å². The highest BCUT2D eigenvalue weighted by molar-refractivity contribution is 5.86. The number of allylic oxidation sites excluding steroid dienone is 1. The molecule has 15 heavy (non-hydrogen) atoms. The molecule has 1 fully saturated rings. The largest absolute Gasteiger partial charge is 0.466 e. The molecule has 1 aliphatic rings. The van der Waals surface area contributed by atoms with E-state index in [4.69, 9.17) is 4.74 Å². The van der Waals surface area contributed by atoms with Crippen molar-refractivity contribution in [3.63, 3.8) is 0 Å². The van der Waals surface area contributed by atoms with E-state index in [1.54, 1.807) is 6.92 Å². The Morgan fingerprint density at radius 2 is 2.33 bits per heavy atom. The molecule has 1 unspecified atom stereocenters. The van der Waals surface area contributed by atoms with Crippen molar-refractivity contribution in [2.24, 2.45) is 11.8 Å². The van der Waals surface area contributed by atoms with Crippen LogP contribution >= 0.6 is 0 Å². The van der Waals surface area contributed by atoms with Crippen LogP contribution in [0.1, 0.15) is 32.6 Å². The fourth-order valence-electron chi connectivity index (χ4n) is 1.94. The summed E-state index contributed by atoms with van der Waals surface area (Å²) in [6.07, 6.45) is 4.36. The van der Waals surface area contributed by atoms with E-state index in [9.17, 15) is 9.59 Å². The predicted octanol–water partition coefficient (Wildman–Crippen LogP) is 2.11. The summed E-state index contributed by atoms with van der Waals surface area (Å²) in [6, 6.07) is 0. The zero-order chi connectivity index (χ0) is 11.3. The number of Topliss-reactive ketones (excluding diaryl/α,β-unsaturated/α-hetero) is 1. The highest BCUT2D eigenvalue weighted by Gasteiger charge is 2.29. The van der Waals surface area contributed by atoms with Crippen molar-refractivity contribution in [2.75, 3.05) is 6.61 Å². The summed E-state index contributed by atoms with van der Waals surface area (Å²) >= 11 is 0. The SMILES string of the molecule is C=C[C@@H]1CCC(CC(=O)OCC)C(=O)C1. The molecule has 84 valence electrons. The van der Waals surface area contributed by atoms with Gasteiger partial charge in [-0.05, 0) is 25.7 Å². The van der Waals surface area contributed by atoms with Crippen molar-refractivity contribution >= 4 is 11.8 Å². The van der Waals surface area contributed by atoms with E-state index in [0.29, 0.717) is 18.9 Å². The van der Waals surface area contributed by atoms with Crippen molar-refractivity contribution < 1.29 is 14.3 Å². The lowest BCUT2D eigenvalue weighted by atomic mass is 9.79. The molecular formula is C12H18O3. The molecule has 0 N–H and O–H groups in total. The molecule has 0 aromatic rings. The van der Waals surface area contributed by atoms with Crippen LogP contribution in [0.15, 0.2) is 12.7 Å². The molecule has 0 saturated heterocycles. The van der Waals surface area contributed by atoms with E-state index in [0.717, 1.165) is 12.8 Å². The van der Waals surface area contributed by atoms with Crippen molar-refractivity contribution in [1.29, 1.82) is 0 Å². The van der Waals surface area contributed by atoms with Gasteiger partial charge in [-0.15, -0.1) is 6.58 Å². The standard InChI is InChI=1S/C12H18O3/c1-3-9-5-6-10(11(13)7-9)8-12(14)15-4-2/h3,9-10H,1,4-8H2,2H3/t9-,10?/m1/s1. The number of esters is 1. The van der Waals surface area contributed by atoms with Gasteiger partial charge >= 0.3 is 5.97 Å². The van der Waals surface area contributed by atoms with Gasteiger partial charge < -0.3 is 4.74 Å². The van der Waals surface area contributed by atoms with Crippen LogP contribution in [-0.4, -0.2) is 18.4 Å². The summed E-state index contributed by atoms with van der Waals surface area (Å²) < 4.78 is 4.83. The first kappa shape index (κ1) is 12.0. The smallest absolute Gasteiger partial charge is 0.306 e. The van der Waals surface area contributed by atoms with Crippen LogP contribution in [0.25, 0.3) is 0 Å². The lowest BCUT2D eigenvalue weighted by Gasteiger charge is -2.24. The monoisotopic (exact) mass is 210 g/mol. The van der Waals surface area contributed by atoms with Gasteiger partial charge in [-0.1, -0.05) is 6.08 Å². The lowest BCUT2D eigenvalue weighted by Crippen LogP contribution is -2.26. The summed E-state index contributed by atoms with van der Waals surface area (Å²) in [4.78, 5) is 22.9. The van der Waals surface area contributed by atoms with Gasteiger partial charge in [0.2, 0.25) is 0 Å². The zero-order valence-electron chi connectivity index (χ0n) is 9.20. The minimum Gasteiger partial charge on any atom is -0.466 e. The molecule has 0 bridgehead atoms. The highest BCUT2D eigenvalue weighted by Crippen LogP contribution is 2.28. The molecule has 0 radical (unpaired) electrons. The molecule has 0 aliphatic heterocycles. The van der Waals surface area contributed by atoms with Crippen LogP contribution in [0.3, 0.4) is 0 Å². The Balaban J connectivity index is 2.41. The second-order valence-corrected chi connectivity index (χ2v) is 3.95. The van der Waals surface area contributed by atoms with Gasteiger partial charge in [0.05, 0.1) is 13.0 Å². The number of hydrogen-bond acceptors (Lipinski definition) is 3. The molecule has 0 amide bonds. The maximum atomic E-state index is 11.6. The average molecular weight is 210 g/mol. The maximum Gasteiger partial charge on any atom is 0.306 e. The van der Waals surface area contributed by atoms with Crippen LogP contribution in [0, 0.1) is 11.8 Å². The Morgan fingerprint density at radius 3 is 2.87 bits per heavy atom. The van der Waals surface area contributed by atoms with E-state index in [1.807, 2.05) is 6.08 Å². The molecular weight excluding hydrogens is 192 g/mol. The lowest BCUT2D eigenvalue weighted by molar-refractivity contribution is -0.146. The van der Waals surface area contributed by atoms with Crippen molar-refractivity contribution in [2.45, 2.75) is 32.6 Å². The molecule has 0 heterocycles. The van der Waals surface area contributed by atoms with Gasteiger partial charge in [-0.25, -0.2) is 0 Å². The summed E-state index contributed by atoms with van der Waals surface area (Å²) in [5.74, 6) is 0.100. The summed E-state index contributed by atoms with van der Waals surface area (Å²) in [5, 5.41) is 0. The number of carbonyl (C=O) groups excluding carboxylic acids is 2. The Bertz CT molecular complexity index is 258. The second kappa shape index (κ2) is 5.69. The van der Waals surface area contributed by atoms with Crippen LogP contribution in [0.4, 0.5) is 0 Å². The third-order valence-electron chi connectivity index (χ3n) is 2.86. The van der Waals surface area contributed by atoms with Gasteiger partial charge in [0.25, 0.3) is 0 Å². The maximum absolute atomic E-state index is 11.6. The predicted molar refractivity (Wildman–Crippen MR) is 57.3 cm³/mol. The minimum atomic E-state index is -0.257. The first-order chi connectivity index (χ1) is 7.17. The highest BCUT2D eigenvalue weighted by atomic mass is 16.5. The fraction of sp³-hybridized carbons (Fsp3) is 0.667. The summed E-state index contributed by atoms with van der Waals surface area (Å²) in [7, 11) is 0. The topological polar surface area (TPSA) is 43.4 Å². The first-order valence-corrected chi connectivity index (χ1v) is 5.48. The van der Waals surface area contributed by atoms with E-state index >= 15 is 0 Å². The third kappa shape index (κ3) is 3.50. The number of rotatable bonds is 4. The normalized spacial score (nSPS) is 26.1. The number of carbonyl (C=O) groups is 2. The van der Waals surface area contributed by atoms with E-state index in [-0.39, 0.29) is 24.1 Å². The third-order valence-corrected chi connectivity index (χ3v) is 2.86. The molecule has 1 aliphatic carbocycles. The molecule has 3 heteroatoms. The van der Waals surface area contributed by atoms with Gasteiger partial charge in [-0.2, -0.15) is 0 Å². The van der Waals surface area contributed by atoms with Crippen LogP contribution in [0.2, 0.25) is 0 Å². The Labute approximate surface area is 90.5 Å². The average Bonchev–Trinajstić information content (AvgIpc) is 2.21. The van der Waals surface area contributed by atoms with Gasteiger partial charge in [0.1, 0.15) is 5.78 Å². The van der Waals surface area contributed by atoms with Crippen molar-refractivity contribution in [3.05, 3.63) is 12.7 Å². The zero-order valence-corrected chi connectivity index (χ0v) is 9.20. The fourth-order valence-corrected chi connectivity index (χ4v) is 1.94. The summed E-state index contributed by atoms with van der Waals surface area (Å²) in [6.45, 7) is 5.85. The van der Waals surface area contributed by atoms with Crippen LogP contribution in [-0.2, 0) is 14.3 Å². The van der Waals surface area contributed by atoms with Crippen molar-refractivity contribution in [3.8, 4) is 0 Å². The quantitative estimate of drug-likeness (QED) is 0.527. The molecule has 2 atom stereocenters.